The average molecular weight is 457 g/mol. The number of quaternary nitrogens is 1. The zero-order chi connectivity index (χ0) is 24.2. The van der Waals surface area contributed by atoms with Crippen molar-refractivity contribution in [1.29, 1.82) is 0 Å². The van der Waals surface area contributed by atoms with Crippen LogP contribution in [0.1, 0.15) is 87.8 Å². The van der Waals surface area contributed by atoms with E-state index in [0.29, 0.717) is 0 Å². The van der Waals surface area contributed by atoms with Crippen molar-refractivity contribution in [2.24, 2.45) is 0 Å². The van der Waals surface area contributed by atoms with Gasteiger partial charge in [-0.25, -0.2) is 4.48 Å². The Balaban J connectivity index is 1.86. The molecule has 0 bridgehead atoms. The van der Waals surface area contributed by atoms with Crippen LogP contribution >= 0.6 is 0 Å². The first-order valence-corrected chi connectivity index (χ1v) is 13.7. The van der Waals surface area contributed by atoms with Gasteiger partial charge in [-0.2, -0.15) is 0 Å². The van der Waals surface area contributed by atoms with Crippen LogP contribution in [0.3, 0.4) is 0 Å². The van der Waals surface area contributed by atoms with Gasteiger partial charge in [0.15, 0.2) is 0 Å². The Morgan fingerprint density at radius 1 is 0.441 bits per heavy atom. The van der Waals surface area contributed by atoms with Crippen LogP contribution < -0.4 is 4.48 Å². The molecule has 0 saturated carbocycles. The number of para-hydroxylation sites is 3. The molecule has 182 valence electrons. The normalized spacial score (nSPS) is 11.6. The second kappa shape index (κ2) is 13.5. The number of benzene rings is 3. The lowest BCUT2D eigenvalue weighted by Gasteiger charge is -2.40. The molecule has 3 rings (SSSR count). The van der Waals surface area contributed by atoms with E-state index < -0.39 is 0 Å². The molecule has 0 amide bonds. The Morgan fingerprint density at radius 3 is 1.12 bits per heavy atom. The van der Waals surface area contributed by atoms with Crippen molar-refractivity contribution in [3.8, 4) is 0 Å². The molecule has 0 heterocycles. The quantitative estimate of drug-likeness (QED) is 0.167. The van der Waals surface area contributed by atoms with Crippen LogP contribution in [0.5, 0.6) is 0 Å². The molecule has 0 saturated heterocycles. The largest absolute Gasteiger partial charge is 0.226 e. The number of hydrogen-bond donors (Lipinski definition) is 0. The van der Waals surface area contributed by atoms with E-state index in [1.165, 1.54) is 98.0 Å². The highest BCUT2D eigenvalue weighted by Gasteiger charge is 2.39. The Bertz CT molecular complexity index is 892. The number of nitrogens with zero attached hydrogens (tertiary/aromatic N) is 1. The first kappa shape index (κ1) is 26.2. The Kier molecular flexibility index (Phi) is 10.4. The Hall–Kier alpha value is -2.38. The lowest BCUT2D eigenvalue weighted by atomic mass is 9.99. The standard InChI is InChI=1S/C33H46N/c1-5-6-7-8-9-10-11-12-13-20-27-34(31-24-17-14-21-28(31)2,32-25-18-15-22-29(32)3)33-26-19-16-23-30(33)4/h14-19,21-26H,5-13,20,27H2,1-4H3/q+1. The Morgan fingerprint density at radius 2 is 0.765 bits per heavy atom. The lowest BCUT2D eigenvalue weighted by molar-refractivity contribution is 0.468. The van der Waals surface area contributed by atoms with Gasteiger partial charge in [0.1, 0.15) is 17.1 Å². The van der Waals surface area contributed by atoms with Gasteiger partial charge in [0, 0.05) is 34.9 Å². The molecule has 0 aliphatic rings. The molecule has 0 atom stereocenters. The zero-order valence-electron chi connectivity index (χ0n) is 22.2. The zero-order valence-corrected chi connectivity index (χ0v) is 22.2. The number of aryl methyl sites for hydroxylation is 3. The van der Waals surface area contributed by atoms with Crippen molar-refractivity contribution in [1.82, 2.24) is 4.48 Å². The molecule has 0 aliphatic heterocycles. The maximum absolute atomic E-state index is 2.35. The summed E-state index contributed by atoms with van der Waals surface area (Å²) in [4.78, 5) is 0. The summed E-state index contributed by atoms with van der Waals surface area (Å²) in [6.45, 7) is 10.2. The van der Waals surface area contributed by atoms with E-state index in [1.54, 1.807) is 0 Å². The number of rotatable bonds is 14. The maximum Gasteiger partial charge on any atom is 0.145 e. The van der Waals surface area contributed by atoms with E-state index in [-0.39, 0.29) is 0 Å². The first-order valence-electron chi connectivity index (χ1n) is 13.7. The minimum Gasteiger partial charge on any atom is -0.226 e. The van der Waals surface area contributed by atoms with Gasteiger partial charge >= 0.3 is 0 Å². The molecule has 0 radical (unpaired) electrons. The van der Waals surface area contributed by atoms with Gasteiger partial charge in [0.2, 0.25) is 0 Å². The molecule has 3 aromatic rings. The van der Waals surface area contributed by atoms with Crippen LogP contribution in [-0.2, 0) is 0 Å². The predicted octanol–water partition coefficient (Wildman–Crippen LogP) is 10.5. The summed E-state index contributed by atoms with van der Waals surface area (Å²) in [7, 11) is 0. The van der Waals surface area contributed by atoms with Gasteiger partial charge in [0.05, 0.1) is 6.54 Å². The van der Waals surface area contributed by atoms with E-state index in [2.05, 4.69) is 100 Å². The monoisotopic (exact) mass is 456 g/mol. The second-order valence-corrected chi connectivity index (χ2v) is 10.1. The second-order valence-electron chi connectivity index (χ2n) is 10.1. The van der Waals surface area contributed by atoms with Crippen LogP contribution in [-0.4, -0.2) is 6.54 Å². The van der Waals surface area contributed by atoms with Crippen molar-refractivity contribution in [2.75, 3.05) is 6.54 Å². The average Bonchev–Trinajstić information content (AvgIpc) is 2.85. The van der Waals surface area contributed by atoms with Gasteiger partial charge in [0.25, 0.3) is 0 Å². The van der Waals surface area contributed by atoms with Crippen LogP contribution in [0.2, 0.25) is 0 Å². The van der Waals surface area contributed by atoms with E-state index in [0.717, 1.165) is 11.0 Å². The molecule has 0 fully saturated rings. The molecule has 3 aromatic carbocycles. The van der Waals surface area contributed by atoms with Crippen molar-refractivity contribution in [3.63, 3.8) is 0 Å². The van der Waals surface area contributed by atoms with Crippen molar-refractivity contribution >= 4 is 17.1 Å². The lowest BCUT2D eigenvalue weighted by Crippen LogP contribution is -2.41. The summed E-state index contributed by atoms with van der Waals surface area (Å²) in [6.07, 6.45) is 13.6. The summed E-state index contributed by atoms with van der Waals surface area (Å²) in [6, 6.07) is 27.0. The third-order valence-electron chi connectivity index (χ3n) is 7.43. The number of hydrogen-bond acceptors (Lipinski definition) is 0. The molecular weight excluding hydrogens is 410 g/mol. The summed E-state index contributed by atoms with van der Waals surface area (Å²) in [5.74, 6) is 0. The summed E-state index contributed by atoms with van der Waals surface area (Å²) in [5.41, 5.74) is 8.30. The summed E-state index contributed by atoms with van der Waals surface area (Å²) in [5, 5.41) is 0. The molecular formula is C33H46N+. The Labute approximate surface area is 209 Å². The van der Waals surface area contributed by atoms with Crippen molar-refractivity contribution in [3.05, 3.63) is 89.5 Å². The van der Waals surface area contributed by atoms with Crippen molar-refractivity contribution < 1.29 is 0 Å². The van der Waals surface area contributed by atoms with Crippen molar-refractivity contribution in [2.45, 2.75) is 91.9 Å². The first-order chi connectivity index (χ1) is 16.6. The molecule has 34 heavy (non-hydrogen) atoms. The van der Waals surface area contributed by atoms with Crippen LogP contribution in [0.15, 0.2) is 72.8 Å². The maximum atomic E-state index is 2.35. The fourth-order valence-electron chi connectivity index (χ4n) is 5.56. The molecule has 0 spiro atoms. The highest BCUT2D eigenvalue weighted by atomic mass is 15.4. The van der Waals surface area contributed by atoms with E-state index in [1.807, 2.05) is 0 Å². The van der Waals surface area contributed by atoms with Crippen LogP contribution in [0.25, 0.3) is 0 Å². The smallest absolute Gasteiger partial charge is 0.145 e. The fraction of sp³-hybridized carbons (Fsp3) is 0.455. The molecule has 0 aromatic heterocycles. The molecule has 0 N–H and O–H groups in total. The predicted molar refractivity (Wildman–Crippen MR) is 151 cm³/mol. The van der Waals surface area contributed by atoms with Gasteiger partial charge in [-0.1, -0.05) is 113 Å². The van der Waals surface area contributed by atoms with Crippen LogP contribution in [0, 0.1) is 20.8 Å². The summed E-state index contributed by atoms with van der Waals surface area (Å²) < 4.78 is 0.809. The minimum atomic E-state index is 0.809. The highest BCUT2D eigenvalue weighted by Crippen LogP contribution is 2.48. The molecule has 0 unspecified atom stereocenters. The highest BCUT2D eigenvalue weighted by molar-refractivity contribution is 5.76. The van der Waals surface area contributed by atoms with E-state index >= 15 is 0 Å². The third kappa shape index (κ3) is 6.39. The fourth-order valence-corrected chi connectivity index (χ4v) is 5.56. The van der Waals surface area contributed by atoms with Gasteiger partial charge < -0.3 is 0 Å². The van der Waals surface area contributed by atoms with Gasteiger partial charge in [-0.05, 0) is 33.6 Å². The molecule has 0 aliphatic carbocycles. The minimum absolute atomic E-state index is 0.809. The van der Waals surface area contributed by atoms with E-state index in [4.69, 9.17) is 0 Å². The molecule has 1 heteroatoms. The molecule has 1 nitrogen and oxygen atoms in total. The SMILES string of the molecule is CCCCCCCCCCCC[N+](c1ccccc1C)(c1ccccc1C)c1ccccc1C. The summed E-state index contributed by atoms with van der Waals surface area (Å²) >= 11 is 0. The van der Waals surface area contributed by atoms with E-state index in [9.17, 15) is 0 Å². The van der Waals surface area contributed by atoms with Crippen LogP contribution in [0.4, 0.5) is 17.1 Å². The van der Waals surface area contributed by atoms with Gasteiger partial charge in [-0.15, -0.1) is 0 Å². The number of unbranched alkanes of at least 4 members (excludes halogenated alkanes) is 9. The topological polar surface area (TPSA) is 0 Å². The third-order valence-corrected chi connectivity index (χ3v) is 7.43. The van der Waals surface area contributed by atoms with Gasteiger partial charge in [-0.3, -0.25) is 0 Å².